The van der Waals surface area contributed by atoms with E-state index in [1.54, 1.807) is 20.8 Å². The van der Waals surface area contributed by atoms with Crippen LogP contribution in [0.3, 0.4) is 0 Å². The van der Waals surface area contributed by atoms with Gasteiger partial charge in [-0.3, -0.25) is 4.79 Å². The van der Waals surface area contributed by atoms with Gasteiger partial charge in [0.25, 0.3) is 0 Å². The number of carbonyl (C=O) groups is 2. The fourth-order valence-corrected chi connectivity index (χ4v) is 3.27. The van der Waals surface area contributed by atoms with Crippen molar-refractivity contribution in [3.8, 4) is 0 Å². The third-order valence-electron chi connectivity index (χ3n) is 3.03. The van der Waals surface area contributed by atoms with Crippen molar-refractivity contribution >= 4 is 28.2 Å². The summed E-state index contributed by atoms with van der Waals surface area (Å²) in [7, 11) is 0. The molecule has 18 heavy (non-hydrogen) atoms. The van der Waals surface area contributed by atoms with Crippen LogP contribution in [0.1, 0.15) is 48.0 Å². The summed E-state index contributed by atoms with van der Waals surface area (Å²) in [5, 5.41) is 14.4. The normalized spacial score (nSPS) is 14.4. The summed E-state index contributed by atoms with van der Waals surface area (Å²) in [4.78, 5) is 24.2. The summed E-state index contributed by atoms with van der Waals surface area (Å²) >= 11 is 1.37. The number of nitrogens with one attached hydrogen (secondary N) is 1. The summed E-state index contributed by atoms with van der Waals surface area (Å²) in [5.74, 6) is -1.37. The lowest BCUT2D eigenvalue weighted by Gasteiger charge is -2.18. The zero-order valence-corrected chi connectivity index (χ0v) is 11.6. The zero-order valence-electron chi connectivity index (χ0n) is 10.8. The first kappa shape index (κ1) is 13.1. The number of carboxylic acids is 1. The monoisotopic (exact) mass is 266 g/mol. The summed E-state index contributed by atoms with van der Waals surface area (Å²) in [6.07, 6.45) is 2.64. The Labute approximate surface area is 110 Å². The lowest BCUT2D eigenvalue weighted by Crippen LogP contribution is -2.29. The van der Waals surface area contributed by atoms with Crippen LogP contribution in [0.4, 0.5) is 5.00 Å². The molecular weight excluding hydrogens is 250 g/mol. The standard InChI is InChI=1S/C13H17NO3S/c1-13(2,3)12(17)14-10-9(11(15)16)7-5-4-6-8(7)18-10/h4-6H2,1-3H3,(H,14,17)(H,15,16)/p-1. The van der Waals surface area contributed by atoms with Gasteiger partial charge in [0, 0.05) is 15.9 Å². The number of fused-ring (bicyclic) bond motifs is 1. The molecule has 1 aliphatic carbocycles. The molecule has 0 saturated heterocycles. The molecule has 1 N–H and O–H groups in total. The highest BCUT2D eigenvalue weighted by molar-refractivity contribution is 7.17. The second kappa shape index (κ2) is 4.39. The summed E-state index contributed by atoms with van der Waals surface area (Å²) in [6, 6.07) is 0. The van der Waals surface area contributed by atoms with E-state index in [1.807, 2.05) is 0 Å². The molecule has 0 fully saturated rings. The average molecular weight is 266 g/mol. The molecule has 1 amide bonds. The molecule has 0 aliphatic heterocycles. The van der Waals surface area contributed by atoms with Crippen LogP contribution in [0.25, 0.3) is 0 Å². The number of rotatable bonds is 2. The predicted octanol–water partition coefficient (Wildman–Crippen LogP) is 1.58. The van der Waals surface area contributed by atoms with Crippen molar-refractivity contribution in [3.05, 3.63) is 16.0 Å². The second-order valence-corrected chi connectivity index (χ2v) is 6.66. The van der Waals surface area contributed by atoms with Crippen molar-refractivity contribution in [1.29, 1.82) is 0 Å². The number of hydrogen-bond donors (Lipinski definition) is 1. The molecule has 0 saturated carbocycles. The van der Waals surface area contributed by atoms with Gasteiger partial charge in [0.05, 0.1) is 5.97 Å². The van der Waals surface area contributed by atoms with Gasteiger partial charge in [-0.2, -0.15) is 0 Å². The number of aryl methyl sites for hydroxylation is 1. The molecule has 1 heterocycles. The average Bonchev–Trinajstić information content (AvgIpc) is 2.74. The van der Waals surface area contributed by atoms with E-state index in [2.05, 4.69) is 5.32 Å². The maximum Gasteiger partial charge on any atom is 0.230 e. The molecule has 5 heteroatoms. The van der Waals surface area contributed by atoms with Gasteiger partial charge in [-0.05, 0) is 24.8 Å². The van der Waals surface area contributed by atoms with E-state index in [-0.39, 0.29) is 11.5 Å². The van der Waals surface area contributed by atoms with Crippen LogP contribution >= 0.6 is 11.3 Å². The van der Waals surface area contributed by atoms with Gasteiger partial charge in [-0.1, -0.05) is 20.8 Å². The SMILES string of the molecule is CC(C)(C)C(=O)Nc1sc2c(c1C(=O)[O-])CCC2. The largest absolute Gasteiger partial charge is 0.545 e. The molecular formula is C13H16NO3S-. The van der Waals surface area contributed by atoms with Crippen molar-refractivity contribution < 1.29 is 14.7 Å². The summed E-state index contributed by atoms with van der Waals surface area (Å²) < 4.78 is 0. The predicted molar refractivity (Wildman–Crippen MR) is 68.8 cm³/mol. The lowest BCUT2D eigenvalue weighted by molar-refractivity contribution is -0.254. The highest BCUT2D eigenvalue weighted by atomic mass is 32.1. The Bertz CT molecular complexity index is 511. The van der Waals surface area contributed by atoms with Gasteiger partial charge in [0.2, 0.25) is 5.91 Å². The van der Waals surface area contributed by atoms with Crippen LogP contribution in [-0.2, 0) is 17.6 Å². The number of amides is 1. The Balaban J connectivity index is 2.35. The van der Waals surface area contributed by atoms with Gasteiger partial charge in [0.15, 0.2) is 0 Å². The van der Waals surface area contributed by atoms with Crippen LogP contribution in [0.5, 0.6) is 0 Å². The minimum absolute atomic E-state index is 0.176. The summed E-state index contributed by atoms with van der Waals surface area (Å²) in [6.45, 7) is 5.38. The van der Waals surface area contributed by atoms with Crippen LogP contribution in [0.2, 0.25) is 0 Å². The van der Waals surface area contributed by atoms with Gasteiger partial charge < -0.3 is 15.2 Å². The molecule has 1 aromatic heterocycles. The quantitative estimate of drug-likeness (QED) is 0.883. The third kappa shape index (κ3) is 2.27. The van der Waals surface area contributed by atoms with Gasteiger partial charge in [0.1, 0.15) is 5.00 Å². The Morgan fingerprint density at radius 3 is 2.50 bits per heavy atom. The van der Waals surface area contributed by atoms with Gasteiger partial charge in [-0.25, -0.2) is 0 Å². The maximum absolute atomic E-state index is 11.9. The van der Waals surface area contributed by atoms with Crippen LogP contribution in [0.15, 0.2) is 0 Å². The Morgan fingerprint density at radius 1 is 1.28 bits per heavy atom. The number of thiophene rings is 1. The van der Waals surface area contributed by atoms with E-state index < -0.39 is 11.4 Å². The molecule has 1 aromatic rings. The molecule has 0 unspecified atom stereocenters. The van der Waals surface area contributed by atoms with Crippen LogP contribution in [-0.4, -0.2) is 11.9 Å². The molecule has 98 valence electrons. The van der Waals surface area contributed by atoms with Crippen molar-refractivity contribution in [2.45, 2.75) is 40.0 Å². The lowest BCUT2D eigenvalue weighted by atomic mass is 9.96. The van der Waals surface area contributed by atoms with E-state index in [4.69, 9.17) is 0 Å². The van der Waals surface area contributed by atoms with Crippen molar-refractivity contribution in [2.75, 3.05) is 5.32 Å². The molecule has 0 aromatic carbocycles. The number of anilines is 1. The minimum Gasteiger partial charge on any atom is -0.545 e. The Morgan fingerprint density at radius 2 is 1.94 bits per heavy atom. The van der Waals surface area contributed by atoms with E-state index in [9.17, 15) is 14.7 Å². The fraction of sp³-hybridized carbons (Fsp3) is 0.538. The first-order chi connectivity index (χ1) is 8.30. The van der Waals surface area contributed by atoms with Crippen molar-refractivity contribution in [3.63, 3.8) is 0 Å². The third-order valence-corrected chi connectivity index (χ3v) is 4.24. The number of aromatic carboxylic acids is 1. The highest BCUT2D eigenvalue weighted by Crippen LogP contribution is 2.39. The van der Waals surface area contributed by atoms with Gasteiger partial charge >= 0.3 is 0 Å². The van der Waals surface area contributed by atoms with Crippen molar-refractivity contribution in [2.24, 2.45) is 5.41 Å². The second-order valence-electron chi connectivity index (χ2n) is 5.55. The molecule has 0 atom stereocenters. The van der Waals surface area contributed by atoms with Crippen molar-refractivity contribution in [1.82, 2.24) is 0 Å². The Hall–Kier alpha value is -1.36. The number of hydrogen-bond acceptors (Lipinski definition) is 4. The maximum atomic E-state index is 11.9. The van der Waals surface area contributed by atoms with Crippen LogP contribution in [0, 0.1) is 5.41 Å². The van der Waals surface area contributed by atoms with E-state index in [0.29, 0.717) is 5.00 Å². The molecule has 0 spiro atoms. The first-order valence-electron chi connectivity index (χ1n) is 5.98. The summed E-state index contributed by atoms with van der Waals surface area (Å²) in [5.41, 5.74) is 0.492. The van der Waals surface area contributed by atoms with Gasteiger partial charge in [-0.15, -0.1) is 11.3 Å². The topological polar surface area (TPSA) is 69.2 Å². The highest BCUT2D eigenvalue weighted by Gasteiger charge is 2.27. The minimum atomic E-state index is -1.20. The number of carboxylic acid groups (broad SMARTS) is 1. The Kier molecular flexibility index (Phi) is 3.19. The van der Waals surface area contributed by atoms with Crippen LogP contribution < -0.4 is 10.4 Å². The molecule has 2 rings (SSSR count). The smallest absolute Gasteiger partial charge is 0.230 e. The molecule has 0 bridgehead atoms. The van der Waals surface area contributed by atoms with E-state index in [0.717, 1.165) is 29.7 Å². The molecule has 1 aliphatic rings. The van der Waals surface area contributed by atoms with E-state index >= 15 is 0 Å². The zero-order chi connectivity index (χ0) is 13.5. The number of carbonyl (C=O) groups excluding carboxylic acids is 2. The first-order valence-corrected chi connectivity index (χ1v) is 6.79. The van der Waals surface area contributed by atoms with E-state index in [1.165, 1.54) is 11.3 Å². The molecule has 4 nitrogen and oxygen atoms in total. The fourth-order valence-electron chi connectivity index (χ4n) is 2.00. The molecule has 0 radical (unpaired) electrons.